The first-order valence-electron chi connectivity index (χ1n) is 8.84. The molecule has 2 aromatic heterocycles. The lowest BCUT2D eigenvalue weighted by molar-refractivity contribution is -0.137. The Labute approximate surface area is 174 Å². The maximum Gasteiger partial charge on any atom is 0.416 e. The van der Waals surface area contributed by atoms with Crippen molar-refractivity contribution in [1.82, 2.24) is 4.98 Å². The molecule has 0 spiro atoms. The van der Waals surface area contributed by atoms with Crippen LogP contribution in [0.25, 0.3) is 34.2 Å². The maximum absolute atomic E-state index is 12.9. The average Bonchev–Trinajstić information content (AvgIpc) is 3.42. The van der Waals surface area contributed by atoms with E-state index < -0.39 is 11.7 Å². The van der Waals surface area contributed by atoms with E-state index in [4.69, 9.17) is 4.42 Å². The second-order valence-corrected chi connectivity index (χ2v) is 7.21. The Bertz CT molecular complexity index is 1250. The highest BCUT2D eigenvalue weighted by atomic mass is 32.1. The van der Waals surface area contributed by atoms with Crippen molar-refractivity contribution < 1.29 is 17.6 Å². The first kappa shape index (κ1) is 19.7. The number of alkyl halides is 3. The molecule has 4 aromatic rings. The van der Waals surface area contributed by atoms with Crippen molar-refractivity contribution in [3.8, 4) is 28.7 Å². The molecule has 0 saturated heterocycles. The summed E-state index contributed by atoms with van der Waals surface area (Å²) in [5.74, 6) is 0.643. The molecule has 3 nitrogen and oxygen atoms in total. The Morgan fingerprint density at radius 3 is 2.50 bits per heavy atom. The fourth-order valence-corrected chi connectivity index (χ4v) is 3.65. The van der Waals surface area contributed by atoms with E-state index in [1.807, 2.05) is 35.7 Å². The van der Waals surface area contributed by atoms with Crippen molar-refractivity contribution in [2.75, 3.05) is 0 Å². The zero-order chi connectivity index (χ0) is 21.1. The van der Waals surface area contributed by atoms with Gasteiger partial charge in [0, 0.05) is 22.6 Å². The van der Waals surface area contributed by atoms with Gasteiger partial charge in [0.25, 0.3) is 0 Å². The zero-order valence-corrected chi connectivity index (χ0v) is 16.2. The van der Waals surface area contributed by atoms with E-state index in [1.165, 1.54) is 23.5 Å². The summed E-state index contributed by atoms with van der Waals surface area (Å²) in [6.45, 7) is 0. The van der Waals surface area contributed by atoms with Crippen LogP contribution in [0.4, 0.5) is 13.2 Å². The summed E-state index contributed by atoms with van der Waals surface area (Å²) in [5, 5.41) is 12.0. The van der Waals surface area contributed by atoms with Crippen LogP contribution < -0.4 is 0 Å². The van der Waals surface area contributed by atoms with E-state index in [0.29, 0.717) is 21.9 Å². The first-order valence-corrected chi connectivity index (χ1v) is 9.72. The van der Waals surface area contributed by atoms with Gasteiger partial charge in [-0.05, 0) is 24.3 Å². The summed E-state index contributed by atoms with van der Waals surface area (Å²) < 4.78 is 44.5. The number of thiazole rings is 1. The molecule has 0 aliphatic carbocycles. The van der Waals surface area contributed by atoms with Crippen molar-refractivity contribution in [2.45, 2.75) is 6.18 Å². The molecule has 0 fully saturated rings. The molecule has 0 unspecified atom stereocenters. The lowest BCUT2D eigenvalue weighted by Crippen LogP contribution is -2.04. The Morgan fingerprint density at radius 1 is 1.00 bits per heavy atom. The van der Waals surface area contributed by atoms with Crippen LogP contribution in [0.1, 0.15) is 16.3 Å². The lowest BCUT2D eigenvalue weighted by atomic mass is 10.1. The van der Waals surface area contributed by atoms with Gasteiger partial charge in [0.1, 0.15) is 22.6 Å². The van der Waals surface area contributed by atoms with Crippen molar-refractivity contribution in [1.29, 1.82) is 5.26 Å². The summed E-state index contributed by atoms with van der Waals surface area (Å²) >= 11 is 1.34. The molecule has 0 atom stereocenters. The fourth-order valence-electron chi connectivity index (χ4n) is 2.86. The van der Waals surface area contributed by atoms with Crippen LogP contribution in [0.5, 0.6) is 0 Å². The largest absolute Gasteiger partial charge is 0.457 e. The van der Waals surface area contributed by atoms with Crippen LogP contribution in [0.15, 0.2) is 76.5 Å². The van der Waals surface area contributed by atoms with Crippen LogP contribution in [0, 0.1) is 11.3 Å². The van der Waals surface area contributed by atoms with Gasteiger partial charge in [0.2, 0.25) is 0 Å². The van der Waals surface area contributed by atoms with Crippen LogP contribution in [0.3, 0.4) is 0 Å². The molecule has 0 saturated carbocycles. The normalized spacial score (nSPS) is 12.0. The number of aromatic nitrogens is 1. The molecule has 0 amide bonds. The smallest absolute Gasteiger partial charge is 0.416 e. The van der Waals surface area contributed by atoms with E-state index in [-0.39, 0.29) is 5.76 Å². The molecule has 0 aliphatic rings. The summed E-state index contributed by atoms with van der Waals surface area (Å²) in [6.07, 6.45) is -2.90. The highest BCUT2D eigenvalue weighted by Gasteiger charge is 2.30. The predicted molar refractivity (Wildman–Crippen MR) is 110 cm³/mol. The number of nitriles is 1. The first-order chi connectivity index (χ1) is 14.4. The monoisotopic (exact) mass is 422 g/mol. The van der Waals surface area contributed by atoms with Crippen LogP contribution in [-0.2, 0) is 6.18 Å². The van der Waals surface area contributed by atoms with Gasteiger partial charge in [-0.25, -0.2) is 4.98 Å². The van der Waals surface area contributed by atoms with Crippen molar-refractivity contribution in [2.24, 2.45) is 0 Å². The van der Waals surface area contributed by atoms with Gasteiger partial charge < -0.3 is 4.42 Å². The summed E-state index contributed by atoms with van der Waals surface area (Å²) in [6, 6.07) is 19.8. The average molecular weight is 422 g/mol. The Balaban J connectivity index is 1.62. The Kier molecular flexibility index (Phi) is 5.25. The number of benzene rings is 2. The van der Waals surface area contributed by atoms with Gasteiger partial charge >= 0.3 is 6.18 Å². The maximum atomic E-state index is 12.9. The molecular weight excluding hydrogens is 409 g/mol. The number of halogens is 3. The molecule has 0 bridgehead atoms. The zero-order valence-electron chi connectivity index (χ0n) is 15.4. The highest BCUT2D eigenvalue weighted by molar-refractivity contribution is 7.11. The minimum Gasteiger partial charge on any atom is -0.457 e. The topological polar surface area (TPSA) is 49.8 Å². The highest BCUT2D eigenvalue weighted by Crippen LogP contribution is 2.33. The lowest BCUT2D eigenvalue weighted by Gasteiger charge is -2.07. The minimum atomic E-state index is -4.43. The van der Waals surface area contributed by atoms with Gasteiger partial charge in [-0.3, -0.25) is 0 Å². The second kappa shape index (κ2) is 8.01. The van der Waals surface area contributed by atoms with Crippen LogP contribution in [-0.4, -0.2) is 4.98 Å². The summed E-state index contributed by atoms with van der Waals surface area (Å²) in [5.41, 5.74) is 1.58. The Hall–Kier alpha value is -3.63. The van der Waals surface area contributed by atoms with E-state index in [2.05, 4.69) is 11.1 Å². The summed E-state index contributed by atoms with van der Waals surface area (Å²) in [4.78, 5) is 4.51. The molecule has 0 radical (unpaired) electrons. The molecule has 2 aromatic carbocycles. The molecule has 148 valence electrons. The number of rotatable bonds is 4. The van der Waals surface area contributed by atoms with Gasteiger partial charge in [-0.1, -0.05) is 42.5 Å². The fraction of sp³-hybridized carbons (Fsp3) is 0.0435. The van der Waals surface area contributed by atoms with Gasteiger partial charge in [-0.2, -0.15) is 18.4 Å². The van der Waals surface area contributed by atoms with Gasteiger partial charge in [0.15, 0.2) is 0 Å². The molecule has 4 rings (SSSR count). The SMILES string of the molecule is N#C/C(=C\c1ccc(-c2cccc(C(F)(F)F)c2)o1)c1nc(-c2ccccc2)cs1. The third-order valence-corrected chi connectivity index (χ3v) is 5.19. The van der Waals surface area contributed by atoms with E-state index >= 15 is 0 Å². The van der Waals surface area contributed by atoms with Crippen molar-refractivity contribution >= 4 is 23.0 Å². The number of hydrogen-bond acceptors (Lipinski definition) is 4. The third kappa shape index (κ3) is 4.19. The molecule has 7 heteroatoms. The van der Waals surface area contributed by atoms with Gasteiger partial charge in [0.05, 0.1) is 16.8 Å². The quantitative estimate of drug-likeness (QED) is 0.328. The predicted octanol–water partition coefficient (Wildman–Crippen LogP) is 7.15. The minimum absolute atomic E-state index is 0.286. The van der Waals surface area contributed by atoms with E-state index in [0.717, 1.165) is 23.4 Å². The summed E-state index contributed by atoms with van der Waals surface area (Å²) in [7, 11) is 0. The number of allylic oxidation sites excluding steroid dienone is 1. The van der Waals surface area contributed by atoms with E-state index in [9.17, 15) is 18.4 Å². The van der Waals surface area contributed by atoms with Crippen LogP contribution >= 0.6 is 11.3 Å². The molecule has 2 heterocycles. The molecule has 0 N–H and O–H groups in total. The van der Waals surface area contributed by atoms with Crippen molar-refractivity contribution in [3.05, 3.63) is 88.4 Å². The van der Waals surface area contributed by atoms with E-state index in [1.54, 1.807) is 18.2 Å². The van der Waals surface area contributed by atoms with Crippen molar-refractivity contribution in [3.63, 3.8) is 0 Å². The number of hydrogen-bond donors (Lipinski definition) is 0. The Morgan fingerprint density at radius 2 is 1.77 bits per heavy atom. The second-order valence-electron chi connectivity index (χ2n) is 6.35. The third-order valence-electron chi connectivity index (χ3n) is 4.31. The number of nitrogens with zero attached hydrogens (tertiary/aromatic N) is 2. The van der Waals surface area contributed by atoms with Gasteiger partial charge in [-0.15, -0.1) is 11.3 Å². The number of furan rings is 1. The molecule has 0 aliphatic heterocycles. The standard InChI is InChI=1S/C23H13F3N2OS/c24-23(25,26)18-8-4-7-16(11-18)21-10-9-19(29-21)12-17(13-27)22-28-20(14-30-22)15-5-2-1-3-6-15/h1-12,14H/b17-12+. The van der Waals surface area contributed by atoms with Crippen LogP contribution in [0.2, 0.25) is 0 Å². The molecular formula is C23H13F3N2OS. The molecule has 30 heavy (non-hydrogen) atoms.